The van der Waals surface area contributed by atoms with Crippen molar-refractivity contribution in [3.63, 3.8) is 0 Å². The van der Waals surface area contributed by atoms with Gasteiger partial charge in [-0.05, 0) is 30.2 Å². The number of benzene rings is 2. The third-order valence-corrected chi connectivity index (χ3v) is 2.90. The molecule has 2 aromatic carbocycles. The predicted molar refractivity (Wildman–Crippen MR) is 79.7 cm³/mol. The van der Waals surface area contributed by atoms with Crippen LogP contribution in [0.3, 0.4) is 0 Å². The second kappa shape index (κ2) is 7.33. The topological polar surface area (TPSA) is 55.8 Å². The lowest BCUT2D eigenvalue weighted by atomic mass is 10.1. The zero-order valence-electron chi connectivity index (χ0n) is 11.9. The van der Waals surface area contributed by atoms with E-state index < -0.39 is 5.97 Å². The minimum Gasteiger partial charge on any atom is -0.490 e. The molecule has 0 atom stereocenters. The third kappa shape index (κ3) is 4.53. The van der Waals surface area contributed by atoms with Gasteiger partial charge in [0.05, 0.1) is 13.0 Å². The SMILES string of the molecule is CCOc1ccc(CC(=O)O)cc1OCc1ccccc1. The fourth-order valence-electron chi connectivity index (χ4n) is 1.96. The first-order valence-corrected chi connectivity index (χ1v) is 6.83. The van der Waals surface area contributed by atoms with Crippen LogP contribution in [0.1, 0.15) is 18.1 Å². The van der Waals surface area contributed by atoms with Gasteiger partial charge in [0.15, 0.2) is 11.5 Å². The Morgan fingerprint density at radius 3 is 2.43 bits per heavy atom. The third-order valence-electron chi connectivity index (χ3n) is 2.90. The van der Waals surface area contributed by atoms with E-state index in [1.807, 2.05) is 37.3 Å². The number of ether oxygens (including phenoxy) is 2. The lowest BCUT2D eigenvalue weighted by Gasteiger charge is -2.13. The van der Waals surface area contributed by atoms with Crippen molar-refractivity contribution in [2.45, 2.75) is 20.0 Å². The van der Waals surface area contributed by atoms with Crippen LogP contribution in [0.2, 0.25) is 0 Å². The summed E-state index contributed by atoms with van der Waals surface area (Å²) in [6.45, 7) is 2.84. The van der Waals surface area contributed by atoms with E-state index in [0.29, 0.717) is 30.3 Å². The zero-order valence-corrected chi connectivity index (χ0v) is 11.9. The van der Waals surface area contributed by atoms with Crippen LogP contribution in [0.25, 0.3) is 0 Å². The lowest BCUT2D eigenvalue weighted by Crippen LogP contribution is -2.03. The van der Waals surface area contributed by atoms with Crippen molar-refractivity contribution in [2.24, 2.45) is 0 Å². The first-order valence-electron chi connectivity index (χ1n) is 6.83. The highest BCUT2D eigenvalue weighted by atomic mass is 16.5. The second-order valence-electron chi connectivity index (χ2n) is 4.56. The number of carboxylic acids is 1. The zero-order chi connectivity index (χ0) is 15.1. The summed E-state index contributed by atoms with van der Waals surface area (Å²) in [6, 6.07) is 15.0. The van der Waals surface area contributed by atoms with E-state index in [2.05, 4.69) is 0 Å². The maximum Gasteiger partial charge on any atom is 0.307 e. The van der Waals surface area contributed by atoms with Crippen LogP contribution in [-0.2, 0) is 17.8 Å². The van der Waals surface area contributed by atoms with Crippen LogP contribution in [0.5, 0.6) is 11.5 Å². The predicted octanol–water partition coefficient (Wildman–Crippen LogP) is 3.29. The molecule has 4 nitrogen and oxygen atoms in total. The quantitative estimate of drug-likeness (QED) is 0.848. The molecule has 4 heteroatoms. The van der Waals surface area contributed by atoms with E-state index in [4.69, 9.17) is 14.6 Å². The van der Waals surface area contributed by atoms with E-state index in [0.717, 1.165) is 5.56 Å². The minimum atomic E-state index is -0.867. The molecule has 2 aromatic rings. The first kappa shape index (κ1) is 14.9. The molecule has 0 saturated heterocycles. The highest BCUT2D eigenvalue weighted by Gasteiger charge is 2.09. The Morgan fingerprint density at radius 2 is 1.76 bits per heavy atom. The molecule has 0 amide bonds. The molecule has 110 valence electrons. The summed E-state index contributed by atoms with van der Waals surface area (Å²) < 4.78 is 11.3. The molecule has 0 spiro atoms. The molecule has 1 N–H and O–H groups in total. The average molecular weight is 286 g/mol. The van der Waals surface area contributed by atoms with Gasteiger partial charge in [0, 0.05) is 0 Å². The van der Waals surface area contributed by atoms with Crippen LogP contribution in [0.4, 0.5) is 0 Å². The Kier molecular flexibility index (Phi) is 5.21. The summed E-state index contributed by atoms with van der Waals surface area (Å²) in [4.78, 5) is 10.8. The summed E-state index contributed by atoms with van der Waals surface area (Å²) in [5, 5.41) is 8.87. The summed E-state index contributed by atoms with van der Waals surface area (Å²) in [7, 11) is 0. The minimum absolute atomic E-state index is 0.0336. The Balaban J connectivity index is 2.15. The van der Waals surface area contributed by atoms with Crippen molar-refractivity contribution < 1.29 is 19.4 Å². The maximum atomic E-state index is 10.8. The van der Waals surface area contributed by atoms with E-state index in [-0.39, 0.29) is 6.42 Å². The number of carbonyl (C=O) groups is 1. The summed E-state index contributed by atoms with van der Waals surface area (Å²) >= 11 is 0. The molecular weight excluding hydrogens is 268 g/mol. The molecule has 0 aliphatic heterocycles. The number of aliphatic carboxylic acids is 1. The van der Waals surface area contributed by atoms with Gasteiger partial charge >= 0.3 is 5.97 Å². The Hall–Kier alpha value is -2.49. The molecule has 0 saturated carbocycles. The number of rotatable bonds is 7. The Labute approximate surface area is 123 Å². The molecular formula is C17H18O4. The van der Waals surface area contributed by atoms with Gasteiger partial charge in [-0.15, -0.1) is 0 Å². The highest BCUT2D eigenvalue weighted by Crippen LogP contribution is 2.29. The molecule has 21 heavy (non-hydrogen) atoms. The number of hydrogen-bond acceptors (Lipinski definition) is 3. The Morgan fingerprint density at radius 1 is 1.00 bits per heavy atom. The molecule has 0 fully saturated rings. The highest BCUT2D eigenvalue weighted by molar-refractivity contribution is 5.70. The fraction of sp³-hybridized carbons (Fsp3) is 0.235. The molecule has 0 unspecified atom stereocenters. The monoisotopic (exact) mass is 286 g/mol. The van der Waals surface area contributed by atoms with Crippen LogP contribution in [0.15, 0.2) is 48.5 Å². The summed E-state index contributed by atoms with van der Waals surface area (Å²) in [6.07, 6.45) is -0.0336. The van der Waals surface area contributed by atoms with Crippen LogP contribution < -0.4 is 9.47 Å². The first-order chi connectivity index (χ1) is 10.2. The number of carboxylic acid groups (broad SMARTS) is 1. The van der Waals surface area contributed by atoms with Crippen LogP contribution in [-0.4, -0.2) is 17.7 Å². The van der Waals surface area contributed by atoms with E-state index in [9.17, 15) is 4.79 Å². The second-order valence-corrected chi connectivity index (χ2v) is 4.56. The van der Waals surface area contributed by atoms with Gasteiger partial charge in [0.1, 0.15) is 6.61 Å². The lowest BCUT2D eigenvalue weighted by molar-refractivity contribution is -0.136. The van der Waals surface area contributed by atoms with Gasteiger partial charge in [-0.25, -0.2) is 0 Å². The van der Waals surface area contributed by atoms with E-state index in [1.54, 1.807) is 18.2 Å². The molecule has 0 aliphatic carbocycles. The van der Waals surface area contributed by atoms with Gasteiger partial charge in [-0.3, -0.25) is 4.79 Å². The molecule has 0 aromatic heterocycles. The van der Waals surface area contributed by atoms with Gasteiger partial charge in [0.2, 0.25) is 0 Å². The number of hydrogen-bond donors (Lipinski definition) is 1. The molecule has 2 rings (SSSR count). The van der Waals surface area contributed by atoms with Crippen molar-refractivity contribution in [1.29, 1.82) is 0 Å². The van der Waals surface area contributed by atoms with Gasteiger partial charge in [-0.2, -0.15) is 0 Å². The van der Waals surface area contributed by atoms with Gasteiger partial charge in [0.25, 0.3) is 0 Å². The smallest absolute Gasteiger partial charge is 0.307 e. The van der Waals surface area contributed by atoms with Crippen LogP contribution in [0, 0.1) is 0 Å². The van der Waals surface area contributed by atoms with Crippen LogP contribution >= 0.6 is 0 Å². The van der Waals surface area contributed by atoms with Crippen molar-refractivity contribution in [3.05, 3.63) is 59.7 Å². The van der Waals surface area contributed by atoms with Crippen molar-refractivity contribution in [1.82, 2.24) is 0 Å². The van der Waals surface area contributed by atoms with Crippen molar-refractivity contribution in [2.75, 3.05) is 6.61 Å². The molecule has 0 bridgehead atoms. The molecule has 0 heterocycles. The van der Waals surface area contributed by atoms with Gasteiger partial charge < -0.3 is 14.6 Å². The van der Waals surface area contributed by atoms with Gasteiger partial charge in [-0.1, -0.05) is 36.4 Å². The Bertz CT molecular complexity index is 593. The van der Waals surface area contributed by atoms with E-state index >= 15 is 0 Å². The molecule has 0 aliphatic rings. The summed E-state index contributed by atoms with van der Waals surface area (Å²) in [5.74, 6) is 0.329. The summed E-state index contributed by atoms with van der Waals surface area (Å²) in [5.41, 5.74) is 1.73. The van der Waals surface area contributed by atoms with E-state index in [1.165, 1.54) is 0 Å². The van der Waals surface area contributed by atoms with Crippen molar-refractivity contribution >= 4 is 5.97 Å². The normalized spacial score (nSPS) is 10.1. The average Bonchev–Trinajstić information content (AvgIpc) is 2.48. The standard InChI is InChI=1S/C17H18O4/c1-2-20-15-9-8-14(11-17(18)19)10-16(15)21-12-13-6-4-3-5-7-13/h3-10H,2,11-12H2,1H3,(H,18,19). The van der Waals surface area contributed by atoms with Crippen molar-refractivity contribution in [3.8, 4) is 11.5 Å². The largest absolute Gasteiger partial charge is 0.490 e. The maximum absolute atomic E-state index is 10.8. The fourth-order valence-corrected chi connectivity index (χ4v) is 1.96. The molecule has 0 radical (unpaired) electrons.